The lowest BCUT2D eigenvalue weighted by atomic mass is 9.86. The van der Waals surface area contributed by atoms with Crippen LogP contribution < -0.4 is 5.69 Å². The van der Waals surface area contributed by atoms with Gasteiger partial charge in [0.1, 0.15) is 5.82 Å². The Morgan fingerprint density at radius 2 is 2.04 bits per heavy atom. The predicted molar refractivity (Wildman–Crippen MR) is 106 cm³/mol. The van der Waals surface area contributed by atoms with Crippen LogP contribution in [-0.4, -0.2) is 44.3 Å². The molecule has 0 amide bonds. The number of hydrogen-bond donors (Lipinski definition) is 1. The number of likely N-dealkylation sites (tertiary alicyclic amines) is 1. The first-order valence-corrected chi connectivity index (χ1v) is 10.5. The highest BCUT2D eigenvalue weighted by Gasteiger charge is 2.25. The molecule has 1 saturated heterocycles. The van der Waals surface area contributed by atoms with Gasteiger partial charge in [-0.1, -0.05) is 32.1 Å². The van der Waals surface area contributed by atoms with Gasteiger partial charge in [-0.15, -0.1) is 5.10 Å². The number of piperidine rings is 1. The highest BCUT2D eigenvalue weighted by Crippen LogP contribution is 2.28. The fourth-order valence-electron chi connectivity index (χ4n) is 4.68. The fraction of sp³-hybridized carbons (Fsp3) is 0.667. The van der Waals surface area contributed by atoms with Gasteiger partial charge < -0.3 is 4.90 Å². The minimum absolute atomic E-state index is 0.157. The van der Waals surface area contributed by atoms with E-state index in [2.05, 4.69) is 20.0 Å². The summed E-state index contributed by atoms with van der Waals surface area (Å²) in [5, 5.41) is 4.62. The Hall–Kier alpha value is -1.95. The molecule has 0 spiro atoms. The van der Waals surface area contributed by atoms with E-state index in [4.69, 9.17) is 0 Å². The molecule has 0 radical (unpaired) electrons. The van der Waals surface area contributed by atoms with Crippen molar-refractivity contribution in [2.45, 2.75) is 64.2 Å². The fourth-order valence-corrected chi connectivity index (χ4v) is 4.68. The van der Waals surface area contributed by atoms with Crippen LogP contribution in [0.1, 0.15) is 68.8 Å². The minimum Gasteiger partial charge on any atom is -0.303 e. The standard InChI is InChI=1S/C21H31N5O/c1-16-14-19(9-11-22-16)26-21(27)23-20(24-26)18-8-5-12-25(15-18)13-10-17-6-3-2-4-7-17/h9,11,14,17-18H,2-8,10,12-13,15H2,1H3,(H,23,24,27)/t18-/m0/s1. The summed E-state index contributed by atoms with van der Waals surface area (Å²) in [4.78, 5) is 22.2. The van der Waals surface area contributed by atoms with Gasteiger partial charge in [0.2, 0.25) is 0 Å². The number of rotatable bonds is 5. The number of hydrogen-bond acceptors (Lipinski definition) is 4. The summed E-state index contributed by atoms with van der Waals surface area (Å²) in [6, 6.07) is 3.72. The molecule has 1 N–H and O–H groups in total. The predicted octanol–water partition coefficient (Wildman–Crippen LogP) is 3.41. The van der Waals surface area contributed by atoms with Gasteiger partial charge in [-0.05, 0) is 57.3 Å². The molecule has 6 heteroatoms. The summed E-state index contributed by atoms with van der Waals surface area (Å²) < 4.78 is 1.48. The zero-order valence-electron chi connectivity index (χ0n) is 16.4. The zero-order chi connectivity index (χ0) is 18.6. The average Bonchev–Trinajstić information content (AvgIpc) is 3.09. The van der Waals surface area contributed by atoms with E-state index in [-0.39, 0.29) is 5.69 Å². The summed E-state index contributed by atoms with van der Waals surface area (Å²) in [5.74, 6) is 2.08. The molecule has 2 aromatic rings. The van der Waals surface area contributed by atoms with E-state index in [0.717, 1.165) is 36.1 Å². The number of aryl methyl sites for hydroxylation is 1. The van der Waals surface area contributed by atoms with Gasteiger partial charge in [-0.2, -0.15) is 4.68 Å². The minimum atomic E-state index is -0.157. The van der Waals surface area contributed by atoms with E-state index in [1.807, 2.05) is 19.1 Å². The molecule has 2 aliphatic rings. The summed E-state index contributed by atoms with van der Waals surface area (Å²) in [7, 11) is 0. The number of nitrogens with zero attached hydrogens (tertiary/aromatic N) is 4. The van der Waals surface area contributed by atoms with Crippen LogP contribution in [0.5, 0.6) is 0 Å². The van der Waals surface area contributed by atoms with E-state index in [1.54, 1.807) is 6.20 Å². The largest absolute Gasteiger partial charge is 0.348 e. The summed E-state index contributed by atoms with van der Waals surface area (Å²) >= 11 is 0. The third-order valence-corrected chi connectivity index (χ3v) is 6.23. The Morgan fingerprint density at radius 3 is 2.85 bits per heavy atom. The van der Waals surface area contributed by atoms with Crippen LogP contribution in [0.25, 0.3) is 5.69 Å². The molecule has 6 nitrogen and oxygen atoms in total. The highest BCUT2D eigenvalue weighted by molar-refractivity contribution is 5.30. The normalized spacial score (nSPS) is 22.2. The van der Waals surface area contributed by atoms with Gasteiger partial charge in [0.05, 0.1) is 5.69 Å². The van der Waals surface area contributed by atoms with E-state index in [0.29, 0.717) is 5.92 Å². The van der Waals surface area contributed by atoms with Gasteiger partial charge in [-0.25, -0.2) is 4.79 Å². The van der Waals surface area contributed by atoms with Crippen LogP contribution in [0.4, 0.5) is 0 Å². The molecule has 27 heavy (non-hydrogen) atoms. The van der Waals surface area contributed by atoms with E-state index in [1.165, 1.54) is 62.7 Å². The SMILES string of the molecule is Cc1cc(-n2nc([C@H]3CCCN(CCC4CCCCC4)C3)[nH]c2=O)ccn1. The topological polar surface area (TPSA) is 66.8 Å². The van der Waals surface area contributed by atoms with Crippen molar-refractivity contribution in [2.24, 2.45) is 5.92 Å². The number of pyridine rings is 1. The Kier molecular flexibility index (Phi) is 5.72. The molecule has 146 valence electrons. The van der Waals surface area contributed by atoms with Crippen molar-refractivity contribution in [2.75, 3.05) is 19.6 Å². The van der Waals surface area contributed by atoms with Crippen LogP contribution in [0.2, 0.25) is 0 Å². The van der Waals surface area contributed by atoms with Crippen LogP contribution in [0, 0.1) is 12.8 Å². The first kappa shape index (κ1) is 18.4. The average molecular weight is 370 g/mol. The lowest BCUT2D eigenvalue weighted by molar-refractivity contribution is 0.182. The maximum Gasteiger partial charge on any atom is 0.348 e. The van der Waals surface area contributed by atoms with Gasteiger partial charge in [0.15, 0.2) is 0 Å². The van der Waals surface area contributed by atoms with Crippen molar-refractivity contribution in [3.05, 3.63) is 40.3 Å². The molecule has 2 aromatic heterocycles. The van der Waals surface area contributed by atoms with Crippen molar-refractivity contribution < 1.29 is 0 Å². The quantitative estimate of drug-likeness (QED) is 0.877. The number of nitrogens with one attached hydrogen (secondary N) is 1. The third-order valence-electron chi connectivity index (χ3n) is 6.23. The smallest absolute Gasteiger partial charge is 0.303 e. The number of aromatic nitrogens is 4. The van der Waals surface area contributed by atoms with Crippen LogP contribution in [-0.2, 0) is 0 Å². The van der Waals surface area contributed by atoms with Crippen LogP contribution >= 0.6 is 0 Å². The molecule has 0 aromatic carbocycles. The zero-order valence-corrected chi connectivity index (χ0v) is 16.4. The monoisotopic (exact) mass is 369 g/mol. The summed E-state index contributed by atoms with van der Waals surface area (Å²) in [6.45, 7) is 5.30. The van der Waals surface area contributed by atoms with E-state index in [9.17, 15) is 4.79 Å². The molecular formula is C21H31N5O. The van der Waals surface area contributed by atoms with Crippen molar-refractivity contribution >= 4 is 0 Å². The first-order valence-electron chi connectivity index (χ1n) is 10.5. The molecule has 0 bridgehead atoms. The maximum atomic E-state index is 12.4. The molecule has 4 rings (SSSR count). The highest BCUT2D eigenvalue weighted by atomic mass is 16.1. The second-order valence-corrected chi connectivity index (χ2v) is 8.32. The Balaban J connectivity index is 1.41. The van der Waals surface area contributed by atoms with Crippen molar-refractivity contribution in [1.82, 2.24) is 24.6 Å². The molecule has 2 fully saturated rings. The molecule has 0 unspecified atom stereocenters. The van der Waals surface area contributed by atoms with E-state index < -0.39 is 0 Å². The first-order chi connectivity index (χ1) is 13.2. The maximum absolute atomic E-state index is 12.4. The Labute approximate surface area is 161 Å². The van der Waals surface area contributed by atoms with Crippen molar-refractivity contribution in [3.63, 3.8) is 0 Å². The molecule has 1 atom stereocenters. The second-order valence-electron chi connectivity index (χ2n) is 8.32. The second kappa shape index (κ2) is 8.38. The van der Waals surface area contributed by atoms with Gasteiger partial charge in [0, 0.05) is 24.4 Å². The molecule has 1 saturated carbocycles. The van der Waals surface area contributed by atoms with Gasteiger partial charge in [-0.3, -0.25) is 9.97 Å². The van der Waals surface area contributed by atoms with Crippen molar-refractivity contribution in [3.8, 4) is 5.69 Å². The van der Waals surface area contributed by atoms with Crippen molar-refractivity contribution in [1.29, 1.82) is 0 Å². The van der Waals surface area contributed by atoms with Gasteiger partial charge >= 0.3 is 5.69 Å². The molecule has 1 aliphatic carbocycles. The molecular weight excluding hydrogens is 338 g/mol. The summed E-state index contributed by atoms with van der Waals surface area (Å²) in [6.07, 6.45) is 12.4. The Bertz CT molecular complexity index is 805. The van der Waals surface area contributed by atoms with Gasteiger partial charge in [0.25, 0.3) is 0 Å². The van der Waals surface area contributed by atoms with Crippen LogP contribution in [0.15, 0.2) is 23.1 Å². The summed E-state index contributed by atoms with van der Waals surface area (Å²) in [5.41, 5.74) is 1.50. The lowest BCUT2D eigenvalue weighted by Crippen LogP contribution is -2.36. The molecule has 1 aliphatic heterocycles. The number of aromatic amines is 1. The van der Waals surface area contributed by atoms with E-state index >= 15 is 0 Å². The Morgan fingerprint density at radius 1 is 1.19 bits per heavy atom. The third kappa shape index (κ3) is 4.49. The lowest BCUT2D eigenvalue weighted by Gasteiger charge is -2.33. The molecule has 3 heterocycles. The number of H-pyrrole nitrogens is 1. The van der Waals surface area contributed by atoms with Crippen LogP contribution in [0.3, 0.4) is 0 Å².